The molecule has 1 amide bonds. The van der Waals surface area contributed by atoms with Crippen LogP contribution in [0.4, 0.5) is 5.69 Å². The molecule has 20 heavy (non-hydrogen) atoms. The van der Waals surface area contributed by atoms with Crippen molar-refractivity contribution >= 4 is 33.5 Å². The van der Waals surface area contributed by atoms with Crippen molar-refractivity contribution in [3.05, 3.63) is 27.7 Å². The van der Waals surface area contributed by atoms with Gasteiger partial charge in [-0.15, -0.1) is 0 Å². The van der Waals surface area contributed by atoms with E-state index in [4.69, 9.17) is 10.5 Å². The molecule has 2 N–H and O–H groups in total. The van der Waals surface area contributed by atoms with Gasteiger partial charge in [0.2, 0.25) is 0 Å². The van der Waals surface area contributed by atoms with Gasteiger partial charge in [0.05, 0.1) is 6.61 Å². The molecule has 0 aliphatic rings. The van der Waals surface area contributed by atoms with E-state index in [0.717, 1.165) is 4.47 Å². The van der Waals surface area contributed by atoms with E-state index in [9.17, 15) is 9.59 Å². The Morgan fingerprint density at radius 2 is 2.00 bits per heavy atom. The number of nitrogens with zero attached hydrogens (tertiary/aromatic N) is 1. The number of benzene rings is 1. The van der Waals surface area contributed by atoms with E-state index in [-0.39, 0.29) is 12.5 Å². The zero-order valence-corrected chi connectivity index (χ0v) is 13.5. The highest BCUT2D eigenvalue weighted by atomic mass is 79.9. The Bertz CT molecular complexity index is 517. The lowest BCUT2D eigenvalue weighted by atomic mass is 10.1. The van der Waals surface area contributed by atoms with Crippen LogP contribution >= 0.6 is 15.9 Å². The van der Waals surface area contributed by atoms with E-state index in [1.54, 1.807) is 26.0 Å². The number of halogens is 1. The summed E-state index contributed by atoms with van der Waals surface area (Å²) < 4.78 is 5.60. The summed E-state index contributed by atoms with van der Waals surface area (Å²) in [7, 11) is 0. The van der Waals surface area contributed by atoms with E-state index in [2.05, 4.69) is 15.9 Å². The van der Waals surface area contributed by atoms with E-state index in [1.807, 2.05) is 6.92 Å². The Balaban J connectivity index is 3.00. The summed E-state index contributed by atoms with van der Waals surface area (Å²) in [6, 6.07) is 3.45. The van der Waals surface area contributed by atoms with Crippen molar-refractivity contribution in [1.29, 1.82) is 0 Å². The molecule has 0 heterocycles. The fraction of sp³-hybridized carbons (Fsp3) is 0.429. The molecule has 0 bridgehead atoms. The molecule has 5 nitrogen and oxygen atoms in total. The maximum absolute atomic E-state index is 12.5. The standard InChI is InChI=1S/C14H19BrN2O3/c1-4-17(8-13(18)20-5-2)14(19)11-6-10(15)7-12(16)9(11)3/h6-7H,4-5,8,16H2,1-3H3. The van der Waals surface area contributed by atoms with Gasteiger partial charge in [-0.25, -0.2) is 0 Å². The number of carbonyl (C=O) groups is 2. The molecule has 1 rings (SSSR count). The average Bonchev–Trinajstić information content (AvgIpc) is 2.39. The quantitative estimate of drug-likeness (QED) is 0.658. The summed E-state index contributed by atoms with van der Waals surface area (Å²) in [6.07, 6.45) is 0. The number of ether oxygens (including phenoxy) is 1. The van der Waals surface area contributed by atoms with Crippen molar-refractivity contribution in [3.8, 4) is 0 Å². The Hall–Kier alpha value is -1.56. The van der Waals surface area contributed by atoms with Crippen molar-refractivity contribution in [2.75, 3.05) is 25.4 Å². The highest BCUT2D eigenvalue weighted by molar-refractivity contribution is 9.10. The van der Waals surface area contributed by atoms with Crippen LogP contribution in [0.15, 0.2) is 16.6 Å². The van der Waals surface area contributed by atoms with E-state index in [0.29, 0.717) is 30.0 Å². The fourth-order valence-electron chi connectivity index (χ4n) is 1.78. The molecule has 1 aromatic rings. The smallest absolute Gasteiger partial charge is 0.325 e. The molecule has 0 aromatic heterocycles. The van der Waals surface area contributed by atoms with Gasteiger partial charge in [-0.05, 0) is 38.5 Å². The van der Waals surface area contributed by atoms with Gasteiger partial charge in [-0.1, -0.05) is 15.9 Å². The number of amides is 1. The Morgan fingerprint density at radius 3 is 2.55 bits per heavy atom. The van der Waals surface area contributed by atoms with Gasteiger partial charge in [0, 0.05) is 22.3 Å². The maximum atomic E-state index is 12.5. The monoisotopic (exact) mass is 342 g/mol. The zero-order valence-electron chi connectivity index (χ0n) is 11.9. The second-order valence-electron chi connectivity index (χ2n) is 4.29. The van der Waals surface area contributed by atoms with Gasteiger partial charge in [0.1, 0.15) is 6.54 Å². The van der Waals surface area contributed by atoms with Crippen molar-refractivity contribution in [2.24, 2.45) is 0 Å². The predicted octanol–water partition coefficient (Wildman–Crippen LogP) is 2.36. The fourth-order valence-corrected chi connectivity index (χ4v) is 2.26. The first-order chi connectivity index (χ1) is 9.40. The maximum Gasteiger partial charge on any atom is 0.325 e. The second-order valence-corrected chi connectivity index (χ2v) is 5.21. The molecule has 1 aromatic carbocycles. The molecule has 0 aliphatic heterocycles. The van der Waals surface area contributed by atoms with Crippen molar-refractivity contribution in [2.45, 2.75) is 20.8 Å². The zero-order chi connectivity index (χ0) is 15.3. The Morgan fingerprint density at radius 1 is 1.35 bits per heavy atom. The predicted molar refractivity (Wildman–Crippen MR) is 81.5 cm³/mol. The summed E-state index contributed by atoms with van der Waals surface area (Å²) in [5, 5.41) is 0. The normalized spacial score (nSPS) is 10.2. The largest absolute Gasteiger partial charge is 0.465 e. The summed E-state index contributed by atoms with van der Waals surface area (Å²) in [5.41, 5.74) is 7.59. The van der Waals surface area contributed by atoms with E-state index >= 15 is 0 Å². The number of rotatable bonds is 5. The minimum absolute atomic E-state index is 0.0605. The van der Waals surface area contributed by atoms with Gasteiger partial charge in [-0.3, -0.25) is 9.59 Å². The van der Waals surface area contributed by atoms with E-state index in [1.165, 1.54) is 4.90 Å². The third kappa shape index (κ3) is 3.96. The second kappa shape index (κ2) is 7.28. The molecule has 0 aliphatic carbocycles. The summed E-state index contributed by atoms with van der Waals surface area (Å²) in [4.78, 5) is 25.4. The van der Waals surface area contributed by atoms with Crippen LogP contribution in [0.2, 0.25) is 0 Å². The number of esters is 1. The molecule has 0 saturated heterocycles. The summed E-state index contributed by atoms with van der Waals surface area (Å²) >= 11 is 3.32. The molecule has 0 unspecified atom stereocenters. The van der Waals surface area contributed by atoms with Gasteiger partial charge in [-0.2, -0.15) is 0 Å². The third-order valence-electron chi connectivity index (χ3n) is 2.94. The highest BCUT2D eigenvalue weighted by Crippen LogP contribution is 2.23. The first-order valence-corrected chi connectivity index (χ1v) is 7.20. The lowest BCUT2D eigenvalue weighted by Gasteiger charge is -2.21. The van der Waals surface area contributed by atoms with Gasteiger partial charge in [0.25, 0.3) is 5.91 Å². The number of nitrogens with two attached hydrogens (primary N) is 1. The first kappa shape index (κ1) is 16.5. The van der Waals surface area contributed by atoms with Crippen LogP contribution < -0.4 is 5.73 Å². The molecule has 0 fully saturated rings. The van der Waals surface area contributed by atoms with Gasteiger partial charge >= 0.3 is 5.97 Å². The minimum Gasteiger partial charge on any atom is -0.465 e. The lowest BCUT2D eigenvalue weighted by Crippen LogP contribution is -2.36. The topological polar surface area (TPSA) is 72.6 Å². The molecule has 0 spiro atoms. The van der Waals surface area contributed by atoms with Crippen LogP contribution in [-0.2, 0) is 9.53 Å². The molecule has 0 saturated carbocycles. The Labute approximate surface area is 127 Å². The van der Waals surface area contributed by atoms with Gasteiger partial charge in [0.15, 0.2) is 0 Å². The lowest BCUT2D eigenvalue weighted by molar-refractivity contribution is -0.143. The molecular formula is C14H19BrN2O3. The average molecular weight is 343 g/mol. The van der Waals surface area contributed by atoms with E-state index < -0.39 is 5.97 Å². The van der Waals surface area contributed by atoms with Gasteiger partial charge < -0.3 is 15.4 Å². The summed E-state index contributed by atoms with van der Waals surface area (Å²) in [5.74, 6) is -0.644. The first-order valence-electron chi connectivity index (χ1n) is 6.41. The number of hydrogen-bond acceptors (Lipinski definition) is 4. The minimum atomic E-state index is -0.414. The molecular weight excluding hydrogens is 324 g/mol. The number of nitrogen functional groups attached to an aromatic ring is 1. The summed E-state index contributed by atoms with van der Waals surface area (Å²) in [6.45, 7) is 5.99. The van der Waals surface area contributed by atoms with Crippen LogP contribution in [-0.4, -0.2) is 36.5 Å². The van der Waals surface area contributed by atoms with Crippen LogP contribution in [0, 0.1) is 6.92 Å². The number of likely N-dealkylation sites (N-methyl/N-ethyl adjacent to an activating group) is 1. The van der Waals surface area contributed by atoms with Crippen molar-refractivity contribution in [3.63, 3.8) is 0 Å². The molecule has 110 valence electrons. The van der Waals surface area contributed by atoms with Crippen LogP contribution in [0.1, 0.15) is 29.8 Å². The molecule has 6 heteroatoms. The molecule has 0 atom stereocenters. The SMILES string of the molecule is CCOC(=O)CN(CC)C(=O)c1cc(Br)cc(N)c1C. The van der Waals surface area contributed by atoms with Crippen LogP contribution in [0.5, 0.6) is 0 Å². The van der Waals surface area contributed by atoms with Crippen LogP contribution in [0.25, 0.3) is 0 Å². The molecule has 0 radical (unpaired) electrons. The highest BCUT2D eigenvalue weighted by Gasteiger charge is 2.20. The van der Waals surface area contributed by atoms with Crippen molar-refractivity contribution < 1.29 is 14.3 Å². The van der Waals surface area contributed by atoms with Crippen LogP contribution in [0.3, 0.4) is 0 Å². The Kier molecular flexibility index (Phi) is 6.01. The number of carbonyl (C=O) groups excluding carboxylic acids is 2. The third-order valence-corrected chi connectivity index (χ3v) is 3.40. The number of anilines is 1. The number of hydrogen-bond donors (Lipinski definition) is 1. The van der Waals surface area contributed by atoms with Crippen molar-refractivity contribution in [1.82, 2.24) is 4.90 Å².